The van der Waals surface area contributed by atoms with Crippen molar-refractivity contribution in [3.63, 3.8) is 0 Å². The summed E-state index contributed by atoms with van der Waals surface area (Å²) in [5, 5.41) is 0.620. The molecule has 10 nitrogen and oxygen atoms in total. The second-order valence-electron chi connectivity index (χ2n) is 7.96. The van der Waals surface area contributed by atoms with Crippen molar-refractivity contribution in [1.82, 2.24) is 10.4 Å². The van der Waals surface area contributed by atoms with Gasteiger partial charge in [0.2, 0.25) is 6.41 Å². The highest BCUT2D eigenvalue weighted by atomic mass is 19.4. The number of esters is 1. The number of carbonyl (C=O) groups is 3. The van der Waals surface area contributed by atoms with Crippen molar-refractivity contribution in [3.05, 3.63) is 59.7 Å². The number of carbonyl (C=O) groups excluding carboxylic acids is 3. The van der Waals surface area contributed by atoms with Gasteiger partial charge in [0.05, 0.1) is 17.9 Å². The van der Waals surface area contributed by atoms with E-state index >= 15 is 0 Å². The lowest BCUT2D eigenvalue weighted by Gasteiger charge is -2.28. The number of hydrazine groups is 1. The number of rotatable bonds is 10. The standard InChI is InChI=1S/C23H26F3N5O5/c1-14(2)12-35-22(34)31(29-13-32)19(8-15-6-4-3-5-7-15)20(33)36-18-10-16(23(24,25)26)9-17(11-18)30-21(27)28/h3-7,9-11,13-14,19H,8,12H2,1-2H3,(H,29,32)(H4,27,28,30)/t19-/m0/s1. The first-order chi connectivity index (χ1) is 16.9. The van der Waals surface area contributed by atoms with Crippen molar-refractivity contribution in [2.75, 3.05) is 6.61 Å². The highest BCUT2D eigenvalue weighted by Gasteiger charge is 2.35. The molecule has 0 radical (unpaired) electrons. The number of aliphatic imine (C=N–C) groups is 1. The minimum Gasteiger partial charge on any atom is -0.448 e. The maximum atomic E-state index is 13.4. The van der Waals surface area contributed by atoms with E-state index in [1.54, 1.807) is 44.2 Å². The smallest absolute Gasteiger partial charge is 0.429 e. The molecule has 194 valence electrons. The molecule has 0 fully saturated rings. The third-order valence-electron chi connectivity index (χ3n) is 4.48. The first-order valence-corrected chi connectivity index (χ1v) is 10.6. The van der Waals surface area contributed by atoms with E-state index in [4.69, 9.17) is 20.9 Å². The Balaban J connectivity index is 2.46. The number of hydrogen-bond acceptors (Lipinski definition) is 6. The Labute approximate surface area is 205 Å². The lowest BCUT2D eigenvalue weighted by Crippen LogP contribution is -2.54. The summed E-state index contributed by atoms with van der Waals surface area (Å²) in [6.45, 7) is 3.54. The Hall–Kier alpha value is -4.29. The maximum Gasteiger partial charge on any atom is 0.429 e. The number of ether oxygens (including phenoxy) is 2. The Morgan fingerprint density at radius 1 is 1.14 bits per heavy atom. The normalized spacial score (nSPS) is 11.8. The molecule has 0 saturated heterocycles. The number of guanidine groups is 1. The average molecular weight is 509 g/mol. The Bertz CT molecular complexity index is 1090. The molecule has 0 heterocycles. The van der Waals surface area contributed by atoms with Gasteiger partial charge in [-0.15, -0.1) is 0 Å². The van der Waals surface area contributed by atoms with Gasteiger partial charge in [-0.1, -0.05) is 44.2 Å². The number of nitrogens with one attached hydrogen (secondary N) is 1. The van der Waals surface area contributed by atoms with Crippen molar-refractivity contribution in [2.24, 2.45) is 22.4 Å². The zero-order chi connectivity index (χ0) is 26.9. The van der Waals surface area contributed by atoms with Crippen molar-refractivity contribution in [2.45, 2.75) is 32.5 Å². The van der Waals surface area contributed by atoms with E-state index in [1.807, 2.05) is 0 Å². The van der Waals surface area contributed by atoms with E-state index in [2.05, 4.69) is 10.4 Å². The van der Waals surface area contributed by atoms with E-state index in [-0.39, 0.29) is 31.0 Å². The van der Waals surface area contributed by atoms with E-state index in [9.17, 15) is 27.6 Å². The van der Waals surface area contributed by atoms with Crippen molar-refractivity contribution >= 4 is 30.1 Å². The summed E-state index contributed by atoms with van der Waals surface area (Å²) >= 11 is 0. The number of halogens is 3. The Morgan fingerprint density at radius 3 is 2.36 bits per heavy atom. The highest BCUT2D eigenvalue weighted by Crippen LogP contribution is 2.35. The number of nitrogens with two attached hydrogens (primary N) is 2. The van der Waals surface area contributed by atoms with Crippen molar-refractivity contribution < 1.29 is 37.0 Å². The van der Waals surface area contributed by atoms with Gasteiger partial charge in [-0.2, -0.15) is 13.2 Å². The molecule has 5 N–H and O–H groups in total. The molecule has 0 saturated carbocycles. The third-order valence-corrected chi connectivity index (χ3v) is 4.48. The molecule has 0 aliphatic rings. The van der Waals surface area contributed by atoms with Crippen LogP contribution in [-0.2, 0) is 26.9 Å². The minimum atomic E-state index is -4.80. The van der Waals surface area contributed by atoms with Crippen LogP contribution < -0.4 is 21.6 Å². The molecule has 36 heavy (non-hydrogen) atoms. The molecule has 0 aliphatic carbocycles. The molecule has 0 spiro atoms. The van der Waals surface area contributed by atoms with Crippen LogP contribution >= 0.6 is 0 Å². The fourth-order valence-corrected chi connectivity index (χ4v) is 2.96. The molecular weight excluding hydrogens is 483 g/mol. The highest BCUT2D eigenvalue weighted by molar-refractivity contribution is 5.84. The minimum absolute atomic E-state index is 0.0154. The van der Waals surface area contributed by atoms with Gasteiger partial charge in [0.1, 0.15) is 5.75 Å². The van der Waals surface area contributed by atoms with Crippen LogP contribution in [0.3, 0.4) is 0 Å². The number of amides is 2. The summed E-state index contributed by atoms with van der Waals surface area (Å²) in [7, 11) is 0. The quantitative estimate of drug-likeness (QED) is 0.111. The van der Waals surface area contributed by atoms with Gasteiger partial charge in [0.25, 0.3) is 0 Å². The molecule has 2 amide bonds. The summed E-state index contributed by atoms with van der Waals surface area (Å²) < 4.78 is 50.5. The zero-order valence-electron chi connectivity index (χ0n) is 19.5. The summed E-state index contributed by atoms with van der Waals surface area (Å²) in [6.07, 6.45) is -5.86. The predicted molar refractivity (Wildman–Crippen MR) is 124 cm³/mol. The molecule has 0 aliphatic heterocycles. The molecular formula is C23H26F3N5O5. The van der Waals surface area contributed by atoms with Crippen LogP contribution in [-0.4, -0.2) is 42.1 Å². The molecule has 13 heteroatoms. The van der Waals surface area contributed by atoms with Crippen LogP contribution in [0, 0.1) is 5.92 Å². The van der Waals surface area contributed by atoms with E-state index in [0.717, 1.165) is 6.07 Å². The summed E-state index contributed by atoms with van der Waals surface area (Å²) in [4.78, 5) is 40.7. The summed E-state index contributed by atoms with van der Waals surface area (Å²) in [6, 6.07) is 9.16. The lowest BCUT2D eigenvalue weighted by molar-refractivity contribution is -0.143. The van der Waals surface area contributed by atoms with Gasteiger partial charge in [0, 0.05) is 12.5 Å². The van der Waals surface area contributed by atoms with Gasteiger partial charge in [-0.3, -0.25) is 10.2 Å². The molecule has 0 unspecified atom stereocenters. The topological polar surface area (TPSA) is 149 Å². The Morgan fingerprint density at radius 2 is 1.81 bits per heavy atom. The number of alkyl halides is 3. The van der Waals surface area contributed by atoms with Crippen LogP contribution in [0.25, 0.3) is 0 Å². The fraction of sp³-hybridized carbons (Fsp3) is 0.304. The van der Waals surface area contributed by atoms with Crippen molar-refractivity contribution in [3.8, 4) is 5.75 Å². The summed E-state index contributed by atoms with van der Waals surface area (Å²) in [5.74, 6) is -2.24. The van der Waals surface area contributed by atoms with Crippen LogP contribution in [0.5, 0.6) is 5.75 Å². The van der Waals surface area contributed by atoms with E-state index in [0.29, 0.717) is 22.7 Å². The number of benzene rings is 2. The number of hydrogen-bond donors (Lipinski definition) is 3. The first-order valence-electron chi connectivity index (χ1n) is 10.6. The van der Waals surface area contributed by atoms with Gasteiger partial charge < -0.3 is 20.9 Å². The largest absolute Gasteiger partial charge is 0.448 e. The average Bonchev–Trinajstić information content (AvgIpc) is 2.79. The third kappa shape index (κ3) is 8.49. The molecule has 2 aromatic carbocycles. The number of nitrogens with zero attached hydrogens (tertiary/aromatic N) is 2. The maximum absolute atomic E-state index is 13.4. The monoisotopic (exact) mass is 509 g/mol. The lowest BCUT2D eigenvalue weighted by atomic mass is 10.1. The summed E-state index contributed by atoms with van der Waals surface area (Å²) in [5.41, 5.74) is 11.7. The van der Waals surface area contributed by atoms with Crippen molar-refractivity contribution in [1.29, 1.82) is 0 Å². The SMILES string of the molecule is CC(C)COC(=O)N(NC=O)[C@@H](Cc1ccccc1)C(=O)Oc1cc(N=C(N)N)cc(C(F)(F)F)c1. The van der Waals surface area contributed by atoms with Crippen LogP contribution in [0.15, 0.2) is 53.5 Å². The van der Waals surface area contributed by atoms with E-state index < -0.39 is 41.6 Å². The van der Waals surface area contributed by atoms with Gasteiger partial charge in [0.15, 0.2) is 12.0 Å². The molecule has 2 rings (SSSR count). The zero-order valence-corrected chi connectivity index (χ0v) is 19.5. The van der Waals surface area contributed by atoms with E-state index in [1.165, 1.54) is 0 Å². The second-order valence-corrected chi connectivity index (χ2v) is 7.96. The predicted octanol–water partition coefficient (Wildman–Crippen LogP) is 2.88. The van der Waals surface area contributed by atoms with Crippen LogP contribution in [0.1, 0.15) is 25.0 Å². The second kappa shape index (κ2) is 12.4. The van der Waals surface area contributed by atoms with Crippen LogP contribution in [0.2, 0.25) is 0 Å². The molecule has 0 aromatic heterocycles. The molecule has 2 aromatic rings. The van der Waals surface area contributed by atoms with Crippen LogP contribution in [0.4, 0.5) is 23.7 Å². The Kier molecular flexibility index (Phi) is 9.65. The fourth-order valence-electron chi connectivity index (χ4n) is 2.96. The first kappa shape index (κ1) is 28.0. The van der Waals surface area contributed by atoms with Gasteiger partial charge in [-0.05, 0) is 23.6 Å². The van der Waals surface area contributed by atoms with Gasteiger partial charge in [-0.25, -0.2) is 19.6 Å². The van der Waals surface area contributed by atoms with Gasteiger partial charge >= 0.3 is 18.2 Å². The molecule has 1 atom stereocenters. The molecule has 0 bridgehead atoms.